The summed E-state index contributed by atoms with van der Waals surface area (Å²) in [5.74, 6) is -3.91. The Morgan fingerprint density at radius 1 is 1.04 bits per heavy atom. The third-order valence-electron chi connectivity index (χ3n) is 9.03. The number of nitrogens with zero attached hydrogens (tertiary/aromatic N) is 2. The third-order valence-corrected chi connectivity index (χ3v) is 9.35. The van der Waals surface area contributed by atoms with Crippen LogP contribution in [0, 0.1) is 11.8 Å². The minimum Gasteiger partial charge on any atom is -0.460 e. The summed E-state index contributed by atoms with van der Waals surface area (Å²) in [6.45, 7) is 1.53. The summed E-state index contributed by atoms with van der Waals surface area (Å²) in [4.78, 5) is 58.5. The first-order valence-corrected chi connectivity index (χ1v) is 15.6. The first-order chi connectivity index (χ1) is 21.7. The molecule has 1 spiro atoms. The number of aliphatic hydroxyl groups is 1. The van der Waals surface area contributed by atoms with E-state index < -0.39 is 66.1 Å². The van der Waals surface area contributed by atoms with Gasteiger partial charge in [-0.25, -0.2) is 0 Å². The normalized spacial score (nSPS) is 31.5. The van der Waals surface area contributed by atoms with Crippen LogP contribution in [0.2, 0.25) is 5.02 Å². The van der Waals surface area contributed by atoms with Crippen LogP contribution in [0.15, 0.2) is 78.9 Å². The molecule has 236 valence electrons. The number of halogens is 1. The SMILES string of the molecule is C[C@H]1CNC(=O)CC/C=C\[C@@H]2O[C@@]34C=CCN(c5ccccc5Cl)C(=O)[C@@H]3N([C@@H](CO)Cc3ccccc3)C(=O)[C@H]4[C@@H]2C(=O)O1. The van der Waals surface area contributed by atoms with Gasteiger partial charge >= 0.3 is 5.97 Å². The highest BCUT2D eigenvalue weighted by Gasteiger charge is 2.72. The average molecular weight is 634 g/mol. The number of para-hydroxylation sites is 1. The van der Waals surface area contributed by atoms with E-state index in [1.165, 1.54) is 9.80 Å². The van der Waals surface area contributed by atoms with Crippen LogP contribution in [-0.4, -0.2) is 83.3 Å². The number of hydrogen-bond donors (Lipinski definition) is 2. The molecule has 2 saturated heterocycles. The van der Waals surface area contributed by atoms with Gasteiger partial charge in [-0.15, -0.1) is 0 Å². The molecule has 0 bridgehead atoms. The number of esters is 1. The van der Waals surface area contributed by atoms with Gasteiger partial charge in [0.25, 0.3) is 5.91 Å². The van der Waals surface area contributed by atoms with E-state index in [-0.39, 0.29) is 31.8 Å². The van der Waals surface area contributed by atoms with Crippen molar-refractivity contribution in [2.75, 3.05) is 24.6 Å². The lowest BCUT2D eigenvalue weighted by atomic mass is 9.78. The largest absolute Gasteiger partial charge is 0.460 e. The fraction of sp³-hybridized carbons (Fsp3) is 0.412. The first-order valence-electron chi connectivity index (χ1n) is 15.3. The molecule has 6 rings (SSSR count). The molecule has 0 saturated carbocycles. The lowest BCUT2D eigenvalue weighted by Gasteiger charge is -2.38. The Kier molecular flexibility index (Phi) is 8.81. The van der Waals surface area contributed by atoms with Gasteiger partial charge in [0, 0.05) is 13.0 Å². The zero-order valence-electron chi connectivity index (χ0n) is 24.9. The highest BCUT2D eigenvalue weighted by atomic mass is 35.5. The molecule has 0 radical (unpaired) electrons. The minimum atomic E-state index is -1.54. The number of ether oxygens (including phenoxy) is 2. The number of rotatable bonds is 5. The summed E-state index contributed by atoms with van der Waals surface area (Å²) in [5, 5.41) is 13.8. The van der Waals surface area contributed by atoms with Crippen molar-refractivity contribution in [1.29, 1.82) is 0 Å². The molecule has 3 amide bonds. The maximum atomic E-state index is 14.7. The van der Waals surface area contributed by atoms with E-state index in [1.54, 1.807) is 55.5 Å². The van der Waals surface area contributed by atoms with Gasteiger partial charge in [-0.05, 0) is 37.5 Å². The number of benzene rings is 2. The first kappa shape index (κ1) is 31.0. The smallest absolute Gasteiger partial charge is 0.313 e. The van der Waals surface area contributed by atoms with Crippen LogP contribution in [0.5, 0.6) is 0 Å². The van der Waals surface area contributed by atoms with Crippen molar-refractivity contribution in [3.63, 3.8) is 0 Å². The predicted molar refractivity (Wildman–Crippen MR) is 166 cm³/mol. The van der Waals surface area contributed by atoms with E-state index >= 15 is 0 Å². The van der Waals surface area contributed by atoms with Gasteiger partial charge in [0.1, 0.15) is 23.7 Å². The lowest BCUT2D eigenvalue weighted by molar-refractivity contribution is -0.159. The van der Waals surface area contributed by atoms with Crippen molar-refractivity contribution < 1.29 is 33.8 Å². The van der Waals surface area contributed by atoms with Crippen LogP contribution in [-0.2, 0) is 35.1 Å². The molecule has 2 aromatic carbocycles. The molecular weight excluding hydrogens is 598 g/mol. The number of fused-ring (bicyclic) bond motifs is 2. The Hall–Kier alpha value is -3.99. The number of likely N-dealkylation sites (tertiary alicyclic amines) is 1. The maximum Gasteiger partial charge on any atom is 0.313 e. The van der Waals surface area contributed by atoms with Gasteiger partial charge in [0.2, 0.25) is 11.8 Å². The monoisotopic (exact) mass is 633 g/mol. The number of amides is 3. The van der Waals surface area contributed by atoms with Crippen molar-refractivity contribution in [3.05, 3.63) is 89.5 Å². The molecule has 0 aromatic heterocycles. The topological polar surface area (TPSA) is 125 Å². The van der Waals surface area contributed by atoms with E-state index in [9.17, 15) is 24.3 Å². The highest BCUT2D eigenvalue weighted by molar-refractivity contribution is 6.34. The van der Waals surface area contributed by atoms with Crippen LogP contribution in [0.3, 0.4) is 0 Å². The molecule has 7 atom stereocenters. The minimum absolute atomic E-state index is 0.125. The van der Waals surface area contributed by atoms with Gasteiger partial charge in [-0.1, -0.05) is 78.4 Å². The number of carbonyl (C=O) groups is 4. The molecule has 4 aliphatic rings. The van der Waals surface area contributed by atoms with Crippen LogP contribution in [0.25, 0.3) is 0 Å². The molecule has 2 aromatic rings. The summed E-state index contributed by atoms with van der Waals surface area (Å²) in [6, 6.07) is 14.4. The standard InChI is InChI=1S/C34H36ClN3O7/c1-21-19-36-27(40)15-8-7-14-26-28(33(43)44-21)29-31(41)38(23(20-39)18-22-10-3-2-4-11-22)30-32(42)37(17-9-16-34(29,30)45-26)25-13-6-5-12-24(25)35/h2-7,9-14,16,21,23,26,28-30,39H,8,15,17-20H2,1H3,(H,36,40)/b14-7-/t21-,23+,26-,28+,29+,30-,34+/m0/s1. The second-order valence-electron chi connectivity index (χ2n) is 11.9. The summed E-state index contributed by atoms with van der Waals surface area (Å²) in [7, 11) is 0. The van der Waals surface area contributed by atoms with E-state index in [0.717, 1.165) is 5.56 Å². The van der Waals surface area contributed by atoms with Crippen LogP contribution in [0.1, 0.15) is 25.3 Å². The number of aliphatic hydroxyl groups excluding tert-OH is 1. The fourth-order valence-corrected chi connectivity index (χ4v) is 7.26. The second kappa shape index (κ2) is 12.8. The highest BCUT2D eigenvalue weighted by Crippen LogP contribution is 2.54. The summed E-state index contributed by atoms with van der Waals surface area (Å²) in [6.07, 6.45) is 6.32. The molecule has 4 aliphatic heterocycles. The Bertz CT molecular complexity index is 1530. The number of anilines is 1. The van der Waals surface area contributed by atoms with Gasteiger partial charge in [0.15, 0.2) is 0 Å². The maximum absolute atomic E-state index is 14.7. The molecule has 45 heavy (non-hydrogen) atoms. The number of carbonyl (C=O) groups excluding carboxylic acids is 4. The van der Waals surface area contributed by atoms with Gasteiger partial charge in [-0.2, -0.15) is 0 Å². The zero-order chi connectivity index (χ0) is 31.7. The van der Waals surface area contributed by atoms with Gasteiger partial charge < -0.3 is 29.7 Å². The van der Waals surface area contributed by atoms with E-state index in [1.807, 2.05) is 30.3 Å². The van der Waals surface area contributed by atoms with E-state index in [2.05, 4.69) is 5.32 Å². The van der Waals surface area contributed by atoms with Crippen LogP contribution in [0.4, 0.5) is 5.69 Å². The van der Waals surface area contributed by atoms with Crippen LogP contribution < -0.4 is 10.2 Å². The average Bonchev–Trinajstić information content (AvgIpc) is 3.42. The number of hydrogen-bond acceptors (Lipinski definition) is 7. The van der Waals surface area contributed by atoms with Gasteiger partial charge in [0.05, 0.1) is 41.9 Å². The Labute approximate surface area is 266 Å². The third kappa shape index (κ3) is 5.67. The molecule has 2 N–H and O–H groups in total. The number of cyclic esters (lactones) is 1. The predicted octanol–water partition coefficient (Wildman–Crippen LogP) is 2.83. The second-order valence-corrected chi connectivity index (χ2v) is 12.3. The Balaban J connectivity index is 1.47. The summed E-state index contributed by atoms with van der Waals surface area (Å²) < 4.78 is 12.5. The summed E-state index contributed by atoms with van der Waals surface area (Å²) in [5.41, 5.74) is -0.192. The van der Waals surface area contributed by atoms with Crippen molar-refractivity contribution >= 4 is 41.0 Å². The van der Waals surface area contributed by atoms with E-state index in [4.69, 9.17) is 21.1 Å². The fourth-order valence-electron chi connectivity index (χ4n) is 7.02. The molecule has 0 unspecified atom stereocenters. The summed E-state index contributed by atoms with van der Waals surface area (Å²) >= 11 is 6.56. The van der Waals surface area contributed by atoms with Crippen LogP contribution >= 0.6 is 11.6 Å². The molecule has 10 nitrogen and oxygen atoms in total. The van der Waals surface area contributed by atoms with Crippen molar-refractivity contribution in [2.24, 2.45) is 11.8 Å². The number of nitrogens with one attached hydrogen (secondary N) is 1. The van der Waals surface area contributed by atoms with Crippen molar-refractivity contribution in [2.45, 2.75) is 56.1 Å². The molecule has 2 fully saturated rings. The zero-order valence-corrected chi connectivity index (χ0v) is 25.6. The van der Waals surface area contributed by atoms with Crippen molar-refractivity contribution in [3.8, 4) is 0 Å². The Morgan fingerprint density at radius 3 is 2.56 bits per heavy atom. The van der Waals surface area contributed by atoms with Crippen molar-refractivity contribution in [1.82, 2.24) is 10.2 Å². The molecule has 0 aliphatic carbocycles. The Morgan fingerprint density at radius 2 is 1.80 bits per heavy atom. The molecule has 11 heteroatoms. The lowest BCUT2D eigenvalue weighted by Crippen LogP contribution is -2.58. The molecular formula is C34H36ClN3O7. The quantitative estimate of drug-likeness (QED) is 0.383. The van der Waals surface area contributed by atoms with Gasteiger partial charge in [-0.3, -0.25) is 19.2 Å². The number of allylic oxidation sites excluding steroid dienone is 1. The molecule has 4 heterocycles. The van der Waals surface area contributed by atoms with E-state index in [0.29, 0.717) is 17.1 Å².